The molecule has 3 heterocycles. The van der Waals surface area contributed by atoms with Gasteiger partial charge in [0.25, 0.3) is 0 Å². The molecule has 0 radical (unpaired) electrons. The molecule has 1 aliphatic heterocycles. The summed E-state index contributed by atoms with van der Waals surface area (Å²) in [7, 11) is 3.44. The van der Waals surface area contributed by atoms with Crippen LogP contribution in [0.5, 0.6) is 0 Å². The minimum atomic E-state index is -0.645. The molecule has 1 aliphatic rings. The lowest BCUT2D eigenvalue weighted by Gasteiger charge is -2.33. The second kappa shape index (κ2) is 14.3. The molecule has 1 unspecified atom stereocenters. The van der Waals surface area contributed by atoms with Crippen molar-refractivity contribution in [1.82, 2.24) is 19.8 Å². The van der Waals surface area contributed by atoms with Gasteiger partial charge in [0.1, 0.15) is 23.4 Å². The number of nitriles is 1. The topological polar surface area (TPSA) is 164 Å². The van der Waals surface area contributed by atoms with Crippen molar-refractivity contribution < 1.29 is 24.2 Å². The fourth-order valence-electron chi connectivity index (χ4n) is 4.39. The van der Waals surface area contributed by atoms with Crippen LogP contribution in [0.3, 0.4) is 0 Å². The molecule has 2 aromatic heterocycles. The van der Waals surface area contributed by atoms with Crippen LogP contribution in [0, 0.1) is 18.3 Å². The number of hydrogen-bond donors (Lipinski definition) is 3. The zero-order chi connectivity index (χ0) is 29.2. The van der Waals surface area contributed by atoms with E-state index < -0.39 is 12.1 Å². The van der Waals surface area contributed by atoms with Gasteiger partial charge in [-0.3, -0.25) is 24.7 Å². The molecule has 3 N–H and O–H groups in total. The van der Waals surface area contributed by atoms with E-state index in [4.69, 9.17) is 4.74 Å². The molecule has 0 bridgehead atoms. The maximum atomic E-state index is 13.6. The molecular formula is C27H36N8O5. The standard InChI is InChI=1S/C27H36N8O5/c1-5-21(16-36)35(27(39)32-24-11-22(29-6-9-40-4)20(12-28)13-30-24)26-18(2)10-19(23(17-37)31-26)14-34-8-7-33(3)15-25(34)38/h10-11,13,17,21,36H,5-9,14-16H2,1-4H3,(H2,29,30,32,39). The highest BCUT2D eigenvalue weighted by Gasteiger charge is 2.29. The number of aliphatic hydroxyl groups is 1. The Kier molecular flexibility index (Phi) is 10.9. The summed E-state index contributed by atoms with van der Waals surface area (Å²) in [4.78, 5) is 51.8. The molecule has 0 aromatic carbocycles. The molecule has 1 fully saturated rings. The van der Waals surface area contributed by atoms with Gasteiger partial charge in [-0.25, -0.2) is 14.8 Å². The Morgan fingerprint density at radius 2 is 2.15 bits per heavy atom. The van der Waals surface area contributed by atoms with Gasteiger partial charge in [-0.15, -0.1) is 0 Å². The smallest absolute Gasteiger partial charge is 0.329 e. The van der Waals surface area contributed by atoms with Gasteiger partial charge in [0.15, 0.2) is 6.29 Å². The normalized spacial score (nSPS) is 14.4. The van der Waals surface area contributed by atoms with Crippen LogP contribution in [0.2, 0.25) is 0 Å². The fraction of sp³-hybridized carbons (Fsp3) is 0.481. The van der Waals surface area contributed by atoms with E-state index in [-0.39, 0.29) is 36.4 Å². The third-order valence-electron chi connectivity index (χ3n) is 6.66. The monoisotopic (exact) mass is 552 g/mol. The van der Waals surface area contributed by atoms with Crippen molar-refractivity contribution in [2.75, 3.05) is 69.1 Å². The van der Waals surface area contributed by atoms with Crippen molar-refractivity contribution in [2.24, 2.45) is 0 Å². The van der Waals surface area contributed by atoms with E-state index in [1.807, 2.05) is 18.9 Å². The Labute approximate surface area is 233 Å². The first-order valence-corrected chi connectivity index (χ1v) is 13.0. The molecule has 2 aromatic rings. The number of rotatable bonds is 12. The van der Waals surface area contributed by atoms with Crippen LogP contribution in [0.25, 0.3) is 0 Å². The maximum absolute atomic E-state index is 13.6. The highest BCUT2D eigenvalue weighted by atomic mass is 16.5. The number of likely N-dealkylation sites (N-methyl/N-ethyl adjacent to an activating group) is 1. The molecule has 1 saturated heterocycles. The Morgan fingerprint density at radius 1 is 1.38 bits per heavy atom. The van der Waals surface area contributed by atoms with E-state index >= 15 is 0 Å². The first-order valence-electron chi connectivity index (χ1n) is 13.0. The molecule has 214 valence electrons. The number of nitrogens with zero attached hydrogens (tertiary/aromatic N) is 6. The minimum Gasteiger partial charge on any atom is -0.394 e. The van der Waals surface area contributed by atoms with Crippen LogP contribution >= 0.6 is 0 Å². The summed E-state index contributed by atoms with van der Waals surface area (Å²) in [6, 6.07) is 4.08. The highest BCUT2D eigenvalue weighted by Crippen LogP contribution is 2.26. The molecule has 3 amide bonds. The molecule has 40 heavy (non-hydrogen) atoms. The summed E-state index contributed by atoms with van der Waals surface area (Å²) in [6.45, 7) is 5.89. The van der Waals surface area contributed by atoms with Crippen LogP contribution in [-0.2, 0) is 16.1 Å². The summed E-state index contributed by atoms with van der Waals surface area (Å²) in [5.41, 5.74) is 2.06. The number of nitrogens with one attached hydrogen (secondary N) is 2. The average molecular weight is 553 g/mol. The van der Waals surface area contributed by atoms with Crippen molar-refractivity contribution in [2.45, 2.75) is 32.9 Å². The molecule has 0 saturated carbocycles. The third-order valence-corrected chi connectivity index (χ3v) is 6.66. The van der Waals surface area contributed by atoms with Gasteiger partial charge in [0, 0.05) is 51.1 Å². The van der Waals surface area contributed by atoms with E-state index in [0.29, 0.717) is 61.3 Å². The van der Waals surface area contributed by atoms with Gasteiger partial charge in [0.2, 0.25) is 5.91 Å². The van der Waals surface area contributed by atoms with Crippen molar-refractivity contribution in [3.8, 4) is 6.07 Å². The summed E-state index contributed by atoms with van der Waals surface area (Å²) >= 11 is 0. The second-order valence-corrected chi connectivity index (χ2v) is 9.54. The van der Waals surface area contributed by atoms with Gasteiger partial charge in [-0.1, -0.05) is 6.92 Å². The number of piperazine rings is 1. The van der Waals surface area contributed by atoms with Gasteiger partial charge in [-0.05, 0) is 32.0 Å². The first kappa shape index (κ1) is 30.4. The Morgan fingerprint density at radius 3 is 2.77 bits per heavy atom. The van der Waals surface area contributed by atoms with Gasteiger partial charge in [-0.2, -0.15) is 5.26 Å². The molecule has 3 rings (SSSR count). The number of ether oxygens (including phenoxy) is 1. The molecule has 13 nitrogen and oxygen atoms in total. The van der Waals surface area contributed by atoms with Crippen molar-refractivity contribution in [3.05, 3.63) is 40.7 Å². The minimum absolute atomic E-state index is 0.0364. The SMILES string of the molecule is CCC(CO)N(C(=O)Nc1cc(NCCOC)c(C#N)cn1)c1nc(C=O)c(CN2CCN(C)CC2=O)cc1C. The van der Waals surface area contributed by atoms with E-state index in [1.165, 1.54) is 17.2 Å². The number of methoxy groups -OCH3 is 1. The lowest BCUT2D eigenvalue weighted by molar-refractivity contribution is -0.136. The summed E-state index contributed by atoms with van der Waals surface area (Å²) in [5, 5.41) is 25.3. The number of aldehydes is 1. The van der Waals surface area contributed by atoms with Crippen molar-refractivity contribution in [1.29, 1.82) is 5.26 Å². The molecular weight excluding hydrogens is 516 g/mol. The van der Waals surface area contributed by atoms with Crippen LogP contribution in [0.15, 0.2) is 18.3 Å². The summed E-state index contributed by atoms with van der Waals surface area (Å²) in [5.74, 6) is 0.354. The van der Waals surface area contributed by atoms with E-state index in [1.54, 1.807) is 25.0 Å². The maximum Gasteiger partial charge on any atom is 0.329 e. The van der Waals surface area contributed by atoms with Crippen LogP contribution in [-0.4, -0.2) is 103 Å². The van der Waals surface area contributed by atoms with Gasteiger partial charge < -0.3 is 20.1 Å². The Hall–Kier alpha value is -4.12. The number of aromatic nitrogens is 2. The summed E-state index contributed by atoms with van der Waals surface area (Å²) < 4.78 is 5.04. The molecule has 1 atom stereocenters. The number of amides is 3. The number of pyridine rings is 2. The fourth-order valence-corrected chi connectivity index (χ4v) is 4.39. The van der Waals surface area contributed by atoms with Crippen LogP contribution in [0.1, 0.15) is 40.5 Å². The predicted octanol–water partition coefficient (Wildman–Crippen LogP) is 1.61. The van der Waals surface area contributed by atoms with E-state index in [0.717, 1.165) is 6.54 Å². The van der Waals surface area contributed by atoms with Crippen molar-refractivity contribution >= 4 is 35.5 Å². The Balaban J connectivity index is 1.92. The number of carbonyl (C=O) groups is 3. The predicted molar refractivity (Wildman–Crippen MR) is 149 cm³/mol. The summed E-state index contributed by atoms with van der Waals surface area (Å²) in [6.07, 6.45) is 2.36. The number of urea groups is 1. The van der Waals surface area contributed by atoms with Gasteiger partial charge in [0.05, 0.1) is 37.1 Å². The largest absolute Gasteiger partial charge is 0.394 e. The quantitative estimate of drug-likeness (QED) is 0.260. The number of hydrogen-bond acceptors (Lipinski definition) is 10. The zero-order valence-corrected chi connectivity index (χ0v) is 23.3. The number of anilines is 3. The molecule has 0 aliphatic carbocycles. The number of aryl methyl sites for hydroxylation is 1. The average Bonchev–Trinajstić information content (AvgIpc) is 2.94. The third kappa shape index (κ3) is 7.29. The number of carbonyl (C=O) groups excluding carboxylic acids is 3. The highest BCUT2D eigenvalue weighted by molar-refractivity contribution is 6.02. The molecule has 0 spiro atoms. The van der Waals surface area contributed by atoms with E-state index in [9.17, 15) is 24.8 Å². The first-order chi connectivity index (χ1) is 19.3. The lowest BCUT2D eigenvalue weighted by Crippen LogP contribution is -2.48. The van der Waals surface area contributed by atoms with Crippen molar-refractivity contribution in [3.63, 3.8) is 0 Å². The second-order valence-electron chi connectivity index (χ2n) is 9.54. The Bertz CT molecular complexity index is 1260. The molecule has 13 heteroatoms. The van der Waals surface area contributed by atoms with E-state index in [2.05, 4.69) is 26.7 Å². The van der Waals surface area contributed by atoms with Gasteiger partial charge >= 0.3 is 6.03 Å². The van der Waals surface area contributed by atoms with Crippen LogP contribution < -0.4 is 15.5 Å². The lowest BCUT2D eigenvalue weighted by atomic mass is 10.1. The zero-order valence-electron chi connectivity index (χ0n) is 23.3. The van der Waals surface area contributed by atoms with Crippen LogP contribution in [0.4, 0.5) is 22.1 Å². The number of aliphatic hydroxyl groups excluding tert-OH is 1.